The van der Waals surface area contributed by atoms with Crippen LogP contribution in [0.5, 0.6) is 0 Å². The van der Waals surface area contributed by atoms with Gasteiger partial charge in [-0.05, 0) is 42.1 Å². The average Bonchev–Trinajstić information content (AvgIpc) is 2.80. The second-order valence-corrected chi connectivity index (χ2v) is 4.90. The molecule has 0 bridgehead atoms. The Balaban J connectivity index is 1.94. The first-order valence-corrected chi connectivity index (χ1v) is 6.36. The van der Waals surface area contributed by atoms with Crippen LogP contribution in [0.1, 0.15) is 5.69 Å². The molecular weight excluding hydrogens is 258 g/mol. The first kappa shape index (κ1) is 11.6. The molecule has 1 aromatic carbocycles. The van der Waals surface area contributed by atoms with E-state index in [1.807, 2.05) is 30.3 Å². The largest absolute Gasteiger partial charge is 0.399 e. The molecule has 0 spiro atoms. The molecule has 0 saturated heterocycles. The first-order chi connectivity index (χ1) is 9.24. The Labute approximate surface area is 113 Å². The van der Waals surface area contributed by atoms with E-state index in [0.29, 0.717) is 11.4 Å². The topological polar surface area (TPSA) is 91.4 Å². The van der Waals surface area contributed by atoms with Crippen molar-refractivity contribution in [3.63, 3.8) is 0 Å². The predicted molar refractivity (Wildman–Crippen MR) is 73.6 cm³/mol. The van der Waals surface area contributed by atoms with E-state index in [0.717, 1.165) is 21.2 Å². The van der Waals surface area contributed by atoms with E-state index in [4.69, 9.17) is 11.0 Å². The van der Waals surface area contributed by atoms with E-state index < -0.39 is 0 Å². The molecule has 6 heteroatoms. The van der Waals surface area contributed by atoms with Crippen molar-refractivity contribution >= 4 is 28.5 Å². The lowest BCUT2D eigenvalue weighted by molar-refractivity contribution is 1.05. The Morgan fingerprint density at radius 1 is 1.21 bits per heavy atom. The Bertz CT molecular complexity index is 787. The van der Waals surface area contributed by atoms with Crippen molar-refractivity contribution in [3.8, 4) is 6.07 Å². The van der Waals surface area contributed by atoms with Crippen molar-refractivity contribution in [1.82, 2.24) is 15.0 Å². The summed E-state index contributed by atoms with van der Waals surface area (Å²) in [6.45, 7) is 0. The van der Waals surface area contributed by atoms with Crippen LogP contribution in [0, 0.1) is 11.3 Å². The summed E-state index contributed by atoms with van der Waals surface area (Å²) >= 11 is 1.38. The zero-order valence-electron chi connectivity index (χ0n) is 9.79. The smallest absolute Gasteiger partial charge is 0.172 e. The molecule has 0 aliphatic rings. The predicted octanol–water partition coefficient (Wildman–Crippen LogP) is 2.56. The lowest BCUT2D eigenvalue weighted by atomic mass is 10.3. The number of aromatic nitrogens is 3. The van der Waals surface area contributed by atoms with Crippen LogP contribution < -0.4 is 5.73 Å². The number of fused-ring (bicyclic) bond motifs is 1. The van der Waals surface area contributed by atoms with Crippen LogP contribution in [-0.4, -0.2) is 15.0 Å². The highest BCUT2D eigenvalue weighted by Crippen LogP contribution is 2.26. The van der Waals surface area contributed by atoms with Crippen LogP contribution in [0.2, 0.25) is 0 Å². The highest BCUT2D eigenvalue weighted by molar-refractivity contribution is 7.99. The Morgan fingerprint density at radius 3 is 2.95 bits per heavy atom. The minimum atomic E-state index is 0.394. The van der Waals surface area contributed by atoms with Crippen molar-refractivity contribution in [2.24, 2.45) is 0 Å². The standard InChI is InChI=1S/C13H9N5S/c14-7-9-2-1-3-12(16-9)19-13-17-10-5-4-8(15)6-11(10)18-13/h1-6H,15H2,(H,17,18). The van der Waals surface area contributed by atoms with E-state index in [-0.39, 0.29) is 0 Å². The third-order valence-electron chi connectivity index (χ3n) is 2.52. The van der Waals surface area contributed by atoms with Gasteiger partial charge in [0.1, 0.15) is 16.8 Å². The molecule has 0 amide bonds. The molecule has 3 aromatic rings. The van der Waals surface area contributed by atoms with E-state index in [2.05, 4.69) is 15.0 Å². The lowest BCUT2D eigenvalue weighted by Gasteiger charge is -1.96. The van der Waals surface area contributed by atoms with Crippen LogP contribution >= 0.6 is 11.8 Å². The molecule has 0 fully saturated rings. The number of aromatic amines is 1. The molecule has 92 valence electrons. The third-order valence-corrected chi connectivity index (χ3v) is 3.35. The Morgan fingerprint density at radius 2 is 2.11 bits per heavy atom. The number of nitrogens with two attached hydrogens (primary N) is 1. The van der Waals surface area contributed by atoms with Gasteiger partial charge < -0.3 is 10.7 Å². The molecule has 0 unspecified atom stereocenters. The van der Waals surface area contributed by atoms with Crippen molar-refractivity contribution < 1.29 is 0 Å². The van der Waals surface area contributed by atoms with Crippen LogP contribution in [-0.2, 0) is 0 Å². The number of anilines is 1. The summed E-state index contributed by atoms with van der Waals surface area (Å²) in [5.41, 5.74) is 8.55. The summed E-state index contributed by atoms with van der Waals surface area (Å²) in [6.07, 6.45) is 0. The molecule has 3 rings (SSSR count). The van der Waals surface area contributed by atoms with Gasteiger partial charge >= 0.3 is 0 Å². The average molecular weight is 267 g/mol. The minimum absolute atomic E-state index is 0.394. The molecule has 5 nitrogen and oxygen atoms in total. The first-order valence-electron chi connectivity index (χ1n) is 5.55. The van der Waals surface area contributed by atoms with Gasteiger partial charge in [-0.1, -0.05) is 6.07 Å². The van der Waals surface area contributed by atoms with Gasteiger partial charge in [-0.3, -0.25) is 0 Å². The normalized spacial score (nSPS) is 10.5. The summed E-state index contributed by atoms with van der Waals surface area (Å²) < 4.78 is 0. The van der Waals surface area contributed by atoms with Gasteiger partial charge in [-0.15, -0.1) is 0 Å². The lowest BCUT2D eigenvalue weighted by Crippen LogP contribution is -1.85. The van der Waals surface area contributed by atoms with Gasteiger partial charge in [0.2, 0.25) is 0 Å². The van der Waals surface area contributed by atoms with Gasteiger partial charge in [0.15, 0.2) is 5.16 Å². The molecule has 2 heterocycles. The number of hydrogen-bond donors (Lipinski definition) is 2. The maximum Gasteiger partial charge on any atom is 0.172 e. The number of benzene rings is 1. The molecule has 0 aliphatic carbocycles. The molecular formula is C13H9N5S. The van der Waals surface area contributed by atoms with Crippen LogP contribution in [0.3, 0.4) is 0 Å². The number of H-pyrrole nitrogens is 1. The highest BCUT2D eigenvalue weighted by atomic mass is 32.2. The Hall–Kier alpha value is -2.52. The fourth-order valence-electron chi connectivity index (χ4n) is 1.69. The number of nitrogen functional groups attached to an aromatic ring is 1. The maximum atomic E-state index is 8.81. The van der Waals surface area contributed by atoms with Gasteiger partial charge in [0, 0.05) is 5.69 Å². The van der Waals surface area contributed by atoms with Gasteiger partial charge in [0.25, 0.3) is 0 Å². The number of hydrogen-bond acceptors (Lipinski definition) is 5. The van der Waals surface area contributed by atoms with Crippen LogP contribution in [0.15, 0.2) is 46.6 Å². The SMILES string of the molecule is N#Cc1cccc(Sc2nc3ccc(N)cc3[nH]2)n1. The van der Waals surface area contributed by atoms with Gasteiger partial charge in [-0.2, -0.15) is 5.26 Å². The van der Waals surface area contributed by atoms with Crippen LogP contribution in [0.4, 0.5) is 5.69 Å². The fraction of sp³-hybridized carbons (Fsp3) is 0. The van der Waals surface area contributed by atoms with Crippen molar-refractivity contribution in [2.45, 2.75) is 10.2 Å². The molecule has 0 atom stereocenters. The van der Waals surface area contributed by atoms with Gasteiger partial charge in [-0.25, -0.2) is 9.97 Å². The summed E-state index contributed by atoms with van der Waals surface area (Å²) in [6, 6.07) is 12.8. The van der Waals surface area contributed by atoms with E-state index in [1.54, 1.807) is 12.1 Å². The minimum Gasteiger partial charge on any atom is -0.399 e. The quantitative estimate of drug-likeness (QED) is 0.696. The summed E-state index contributed by atoms with van der Waals surface area (Å²) in [5, 5.41) is 10.3. The maximum absolute atomic E-state index is 8.81. The number of nitrogens with zero attached hydrogens (tertiary/aromatic N) is 3. The number of pyridine rings is 1. The molecule has 3 N–H and O–H groups in total. The molecule has 0 aliphatic heterocycles. The molecule has 0 radical (unpaired) electrons. The van der Waals surface area contributed by atoms with Crippen molar-refractivity contribution in [3.05, 3.63) is 42.1 Å². The van der Waals surface area contributed by atoms with Gasteiger partial charge in [0.05, 0.1) is 11.0 Å². The summed E-state index contributed by atoms with van der Waals surface area (Å²) in [4.78, 5) is 11.8. The van der Waals surface area contributed by atoms with Crippen LogP contribution in [0.25, 0.3) is 11.0 Å². The Kier molecular flexibility index (Phi) is 2.82. The number of nitriles is 1. The fourth-order valence-corrected chi connectivity index (χ4v) is 2.48. The van der Waals surface area contributed by atoms with E-state index in [9.17, 15) is 0 Å². The van der Waals surface area contributed by atoms with Crippen molar-refractivity contribution in [1.29, 1.82) is 5.26 Å². The van der Waals surface area contributed by atoms with E-state index in [1.165, 1.54) is 11.8 Å². The van der Waals surface area contributed by atoms with E-state index >= 15 is 0 Å². The summed E-state index contributed by atoms with van der Waals surface area (Å²) in [5.74, 6) is 0. The molecule has 19 heavy (non-hydrogen) atoms. The third kappa shape index (κ3) is 2.37. The summed E-state index contributed by atoms with van der Waals surface area (Å²) in [7, 11) is 0. The number of rotatable bonds is 2. The van der Waals surface area contributed by atoms with Crippen molar-refractivity contribution in [2.75, 3.05) is 5.73 Å². The number of nitrogens with one attached hydrogen (secondary N) is 1. The molecule has 0 saturated carbocycles. The second-order valence-electron chi connectivity index (χ2n) is 3.89. The zero-order chi connectivity index (χ0) is 13.2. The molecule has 2 aromatic heterocycles. The monoisotopic (exact) mass is 267 g/mol. The second kappa shape index (κ2) is 4.63. The highest BCUT2D eigenvalue weighted by Gasteiger charge is 2.06. The number of imidazole rings is 1. The zero-order valence-corrected chi connectivity index (χ0v) is 10.6.